The Morgan fingerprint density at radius 2 is 0.538 bits per heavy atom. The van der Waals surface area contributed by atoms with Gasteiger partial charge in [-0.25, -0.2) is 0 Å². The van der Waals surface area contributed by atoms with E-state index < -0.39 is 8.80 Å². The Kier molecular flexibility index (Phi) is 32.6. The minimum absolute atomic E-state index is 0.368. The number of hydrogen-bond acceptors (Lipinski definition) is 4. The van der Waals surface area contributed by atoms with Crippen LogP contribution >= 0.6 is 0 Å². The quantitative estimate of drug-likeness (QED) is 0.0615. The number of hydrogen-bond donors (Lipinski definition) is 1. The van der Waals surface area contributed by atoms with E-state index >= 15 is 0 Å². The summed E-state index contributed by atoms with van der Waals surface area (Å²) in [6.45, 7) is 8.53. The Bertz CT molecular complexity index is 432. The molecule has 5 heteroatoms. The van der Waals surface area contributed by atoms with Gasteiger partial charge >= 0.3 is 8.80 Å². The smallest absolute Gasteiger partial charge is 0.396 e. The highest BCUT2D eigenvalue weighted by Gasteiger charge is 2.39. The molecule has 0 radical (unpaired) electrons. The molecule has 0 saturated carbocycles. The van der Waals surface area contributed by atoms with E-state index in [1.54, 1.807) is 0 Å². The van der Waals surface area contributed by atoms with Gasteiger partial charge in [-0.1, -0.05) is 154 Å². The molecule has 0 aromatic carbocycles. The highest BCUT2D eigenvalue weighted by Crippen LogP contribution is 2.21. The average molecular weight is 573 g/mol. The lowest BCUT2D eigenvalue weighted by atomic mass is 10.0. The third kappa shape index (κ3) is 28.0. The molecule has 0 aromatic rings. The maximum atomic E-state index is 8.79. The lowest BCUT2D eigenvalue weighted by molar-refractivity contribution is 0.0706. The largest absolute Gasteiger partial charge is 0.500 e. The van der Waals surface area contributed by atoms with Crippen molar-refractivity contribution < 1.29 is 18.4 Å². The molecule has 4 nitrogen and oxygen atoms in total. The van der Waals surface area contributed by atoms with Crippen LogP contribution < -0.4 is 0 Å². The van der Waals surface area contributed by atoms with Crippen molar-refractivity contribution in [2.45, 2.75) is 194 Å². The molecule has 0 fully saturated rings. The molecule has 0 amide bonds. The molecule has 0 atom stereocenters. The van der Waals surface area contributed by atoms with Crippen LogP contribution in [-0.4, -0.2) is 40.3 Å². The zero-order valence-corrected chi connectivity index (χ0v) is 28.1. The van der Waals surface area contributed by atoms with E-state index in [0.717, 1.165) is 12.5 Å². The topological polar surface area (TPSA) is 47.9 Å². The lowest BCUT2D eigenvalue weighted by Crippen LogP contribution is -2.45. The van der Waals surface area contributed by atoms with Crippen LogP contribution in [0.15, 0.2) is 0 Å². The standard InChI is InChI=1S/C34H72O4Si/c1-4-36-39(37-5-2,38-6-3)34-32-30-28-26-24-22-20-18-16-14-12-10-8-7-9-11-13-15-17-19-21-23-25-27-29-31-33-35/h35H,4-34H2,1-3H3. The monoisotopic (exact) mass is 573 g/mol. The van der Waals surface area contributed by atoms with Gasteiger partial charge in [0, 0.05) is 32.5 Å². The molecular formula is C34H72O4Si. The molecule has 0 spiro atoms. The van der Waals surface area contributed by atoms with Crippen LogP contribution in [0.3, 0.4) is 0 Å². The molecule has 0 aliphatic carbocycles. The van der Waals surface area contributed by atoms with E-state index in [4.69, 9.17) is 18.4 Å². The van der Waals surface area contributed by atoms with Crippen LogP contribution in [0, 0.1) is 0 Å². The van der Waals surface area contributed by atoms with Crippen molar-refractivity contribution in [3.8, 4) is 0 Å². The first kappa shape index (κ1) is 39.1. The summed E-state index contributed by atoms with van der Waals surface area (Å²) in [5.74, 6) is 0. The third-order valence-electron chi connectivity index (χ3n) is 7.98. The van der Waals surface area contributed by atoms with Gasteiger partial charge in [-0.2, -0.15) is 0 Å². The fraction of sp³-hybridized carbons (Fsp3) is 1.00. The van der Waals surface area contributed by atoms with E-state index in [1.807, 2.05) is 20.8 Å². The Balaban J connectivity index is 3.27. The van der Waals surface area contributed by atoms with Crippen molar-refractivity contribution >= 4 is 8.80 Å². The van der Waals surface area contributed by atoms with Gasteiger partial charge in [0.05, 0.1) is 0 Å². The summed E-state index contributed by atoms with van der Waals surface area (Å²) < 4.78 is 17.9. The Hall–Kier alpha value is 0.0569. The van der Waals surface area contributed by atoms with Gasteiger partial charge in [0.15, 0.2) is 0 Å². The highest BCUT2D eigenvalue weighted by atomic mass is 28.4. The van der Waals surface area contributed by atoms with Crippen molar-refractivity contribution in [1.29, 1.82) is 0 Å². The molecule has 0 aliphatic rings. The van der Waals surface area contributed by atoms with Crippen molar-refractivity contribution in [1.82, 2.24) is 0 Å². The SMILES string of the molecule is CCO[Si](CCCCCCCCCCCCCCCCCCCCCCCCCCCCO)(OCC)OCC. The maximum Gasteiger partial charge on any atom is 0.500 e. The van der Waals surface area contributed by atoms with Crippen LogP contribution in [0.5, 0.6) is 0 Å². The molecule has 39 heavy (non-hydrogen) atoms. The fourth-order valence-corrected chi connectivity index (χ4v) is 8.38. The molecule has 236 valence electrons. The van der Waals surface area contributed by atoms with Gasteiger partial charge in [-0.15, -0.1) is 0 Å². The molecule has 0 unspecified atom stereocenters. The number of aliphatic hydroxyl groups is 1. The van der Waals surface area contributed by atoms with E-state index in [9.17, 15) is 0 Å². The number of aliphatic hydroxyl groups excluding tert-OH is 1. The van der Waals surface area contributed by atoms with Crippen molar-refractivity contribution in [2.24, 2.45) is 0 Å². The summed E-state index contributed by atoms with van der Waals surface area (Å²) in [7, 11) is -2.42. The van der Waals surface area contributed by atoms with Gasteiger partial charge < -0.3 is 18.4 Å². The molecule has 0 bridgehead atoms. The molecule has 1 N–H and O–H groups in total. The van der Waals surface area contributed by atoms with Crippen molar-refractivity contribution in [2.75, 3.05) is 26.4 Å². The number of rotatable bonds is 34. The van der Waals surface area contributed by atoms with Gasteiger partial charge in [-0.05, 0) is 33.6 Å². The Labute approximate surface area is 247 Å². The van der Waals surface area contributed by atoms with E-state index in [0.29, 0.717) is 26.4 Å². The zero-order chi connectivity index (χ0) is 28.5. The fourth-order valence-electron chi connectivity index (χ4n) is 5.70. The second kappa shape index (κ2) is 32.6. The third-order valence-corrected chi connectivity index (χ3v) is 11.1. The Morgan fingerprint density at radius 1 is 0.333 bits per heavy atom. The first-order valence-corrected chi connectivity index (χ1v) is 19.7. The van der Waals surface area contributed by atoms with Gasteiger partial charge in [0.2, 0.25) is 0 Å². The zero-order valence-electron chi connectivity index (χ0n) is 27.1. The Morgan fingerprint density at radius 3 is 0.744 bits per heavy atom. The van der Waals surface area contributed by atoms with Crippen LogP contribution in [0.2, 0.25) is 6.04 Å². The second-order valence-corrected chi connectivity index (χ2v) is 14.4. The van der Waals surface area contributed by atoms with Crippen LogP contribution in [0.25, 0.3) is 0 Å². The summed E-state index contributed by atoms with van der Waals surface area (Å²) >= 11 is 0. The predicted octanol–water partition coefficient (Wildman–Crippen LogP) is 11.2. The average Bonchev–Trinajstić information content (AvgIpc) is 2.93. The molecule has 0 aromatic heterocycles. The molecule has 0 saturated heterocycles. The predicted molar refractivity (Wildman–Crippen MR) is 173 cm³/mol. The summed E-state index contributed by atoms with van der Waals surface area (Å²) in [5, 5.41) is 8.79. The maximum absolute atomic E-state index is 8.79. The minimum Gasteiger partial charge on any atom is -0.396 e. The normalized spacial score (nSPS) is 12.0. The lowest BCUT2D eigenvalue weighted by Gasteiger charge is -2.28. The molecule has 0 heterocycles. The summed E-state index contributed by atoms with van der Waals surface area (Å²) in [6.07, 6.45) is 35.9. The molecule has 0 aliphatic heterocycles. The summed E-state index contributed by atoms with van der Waals surface area (Å²) in [5.41, 5.74) is 0. The summed E-state index contributed by atoms with van der Waals surface area (Å²) in [4.78, 5) is 0. The van der Waals surface area contributed by atoms with Crippen LogP contribution in [0.1, 0.15) is 188 Å². The first-order valence-electron chi connectivity index (χ1n) is 17.8. The van der Waals surface area contributed by atoms with Crippen molar-refractivity contribution in [3.63, 3.8) is 0 Å². The molecule has 0 rings (SSSR count). The van der Waals surface area contributed by atoms with Crippen LogP contribution in [-0.2, 0) is 13.3 Å². The summed E-state index contributed by atoms with van der Waals surface area (Å²) in [6, 6.07) is 0.969. The van der Waals surface area contributed by atoms with Crippen molar-refractivity contribution in [3.05, 3.63) is 0 Å². The van der Waals surface area contributed by atoms with E-state index in [1.165, 1.54) is 161 Å². The van der Waals surface area contributed by atoms with Crippen LogP contribution in [0.4, 0.5) is 0 Å². The minimum atomic E-state index is -2.42. The highest BCUT2D eigenvalue weighted by molar-refractivity contribution is 6.60. The molecular weight excluding hydrogens is 500 g/mol. The number of unbranched alkanes of at least 4 members (excludes halogenated alkanes) is 25. The van der Waals surface area contributed by atoms with Gasteiger partial charge in [0.25, 0.3) is 0 Å². The van der Waals surface area contributed by atoms with E-state index in [2.05, 4.69) is 0 Å². The van der Waals surface area contributed by atoms with E-state index in [-0.39, 0.29) is 0 Å². The van der Waals surface area contributed by atoms with Gasteiger partial charge in [-0.3, -0.25) is 0 Å². The first-order chi connectivity index (χ1) is 19.2. The second-order valence-electron chi connectivity index (χ2n) is 11.6. The van der Waals surface area contributed by atoms with Gasteiger partial charge in [0.1, 0.15) is 0 Å².